The summed E-state index contributed by atoms with van der Waals surface area (Å²) in [4.78, 5) is 2.57. The fraction of sp³-hybridized carbons (Fsp3) is 0.400. The third-order valence-corrected chi connectivity index (χ3v) is 5.27. The summed E-state index contributed by atoms with van der Waals surface area (Å²) < 4.78 is 1.12. The molecule has 1 heterocycles. The molecule has 122 valence electrons. The van der Waals surface area contributed by atoms with Gasteiger partial charge in [0.2, 0.25) is 0 Å². The fourth-order valence-electron chi connectivity index (χ4n) is 3.12. The molecule has 1 aliphatic heterocycles. The molecule has 23 heavy (non-hydrogen) atoms. The van der Waals surface area contributed by atoms with Crippen LogP contribution in [0.4, 0.5) is 0 Å². The van der Waals surface area contributed by atoms with Crippen molar-refractivity contribution in [3.05, 3.63) is 58.6 Å². The lowest BCUT2D eigenvalue weighted by atomic mass is 9.95. The molecule has 0 amide bonds. The maximum atomic E-state index is 3.49. The Morgan fingerprint density at radius 3 is 2.13 bits per heavy atom. The highest BCUT2D eigenvalue weighted by Crippen LogP contribution is 2.25. The molecule has 0 spiro atoms. The zero-order chi connectivity index (χ0) is 16.1. The van der Waals surface area contributed by atoms with E-state index in [9.17, 15) is 0 Å². The molecular formula is C20H25BrN2. The van der Waals surface area contributed by atoms with E-state index in [2.05, 4.69) is 81.6 Å². The fourth-order valence-corrected chi connectivity index (χ4v) is 3.39. The van der Waals surface area contributed by atoms with Gasteiger partial charge in [-0.05, 0) is 47.7 Å². The van der Waals surface area contributed by atoms with Crippen molar-refractivity contribution in [2.45, 2.75) is 19.3 Å². The minimum Gasteiger partial charge on any atom is -0.314 e. The van der Waals surface area contributed by atoms with E-state index in [0.717, 1.165) is 17.6 Å². The Hall–Kier alpha value is -1.16. The average molecular weight is 373 g/mol. The molecule has 2 aromatic carbocycles. The SMILES string of the molecule is CC(CCN1CCNCC1)c1ccc(-c2ccc(Br)cc2)cc1. The summed E-state index contributed by atoms with van der Waals surface area (Å²) in [6.45, 7) is 8.20. The van der Waals surface area contributed by atoms with E-state index in [0.29, 0.717) is 5.92 Å². The van der Waals surface area contributed by atoms with Crippen LogP contribution in [0, 0.1) is 0 Å². The summed E-state index contributed by atoms with van der Waals surface area (Å²) in [5.41, 5.74) is 4.00. The predicted molar refractivity (Wildman–Crippen MR) is 102 cm³/mol. The van der Waals surface area contributed by atoms with Crippen molar-refractivity contribution in [2.75, 3.05) is 32.7 Å². The molecule has 0 aromatic heterocycles. The Labute approximate surface area is 148 Å². The molecule has 1 aliphatic rings. The van der Waals surface area contributed by atoms with Gasteiger partial charge >= 0.3 is 0 Å². The van der Waals surface area contributed by atoms with Crippen LogP contribution in [0.15, 0.2) is 53.0 Å². The summed E-state index contributed by atoms with van der Waals surface area (Å²) >= 11 is 3.49. The Morgan fingerprint density at radius 1 is 0.957 bits per heavy atom. The Morgan fingerprint density at radius 2 is 1.52 bits per heavy atom. The van der Waals surface area contributed by atoms with Crippen LogP contribution in [0.1, 0.15) is 24.8 Å². The number of hydrogen-bond acceptors (Lipinski definition) is 2. The Kier molecular flexibility index (Phi) is 5.87. The molecule has 0 saturated carbocycles. The van der Waals surface area contributed by atoms with Gasteiger partial charge in [0.25, 0.3) is 0 Å². The van der Waals surface area contributed by atoms with Crippen LogP contribution in [-0.2, 0) is 0 Å². The number of hydrogen-bond donors (Lipinski definition) is 1. The third-order valence-electron chi connectivity index (χ3n) is 4.75. The van der Waals surface area contributed by atoms with Crippen LogP contribution < -0.4 is 5.32 Å². The van der Waals surface area contributed by atoms with Crippen molar-refractivity contribution in [1.82, 2.24) is 10.2 Å². The van der Waals surface area contributed by atoms with Crippen molar-refractivity contribution in [2.24, 2.45) is 0 Å². The first-order valence-electron chi connectivity index (χ1n) is 8.51. The van der Waals surface area contributed by atoms with Gasteiger partial charge < -0.3 is 10.2 Å². The topological polar surface area (TPSA) is 15.3 Å². The molecule has 1 unspecified atom stereocenters. The summed E-state index contributed by atoms with van der Waals surface area (Å²) in [5, 5.41) is 3.41. The first-order valence-corrected chi connectivity index (χ1v) is 9.30. The molecule has 1 saturated heterocycles. The van der Waals surface area contributed by atoms with Gasteiger partial charge in [-0.2, -0.15) is 0 Å². The molecule has 0 radical (unpaired) electrons. The van der Waals surface area contributed by atoms with Crippen LogP contribution in [0.5, 0.6) is 0 Å². The van der Waals surface area contributed by atoms with E-state index in [1.807, 2.05) is 0 Å². The summed E-state index contributed by atoms with van der Waals surface area (Å²) in [5.74, 6) is 0.615. The van der Waals surface area contributed by atoms with Gasteiger partial charge in [-0.1, -0.05) is 59.3 Å². The predicted octanol–water partition coefficient (Wildman–Crippen LogP) is 4.51. The van der Waals surface area contributed by atoms with E-state index in [-0.39, 0.29) is 0 Å². The van der Waals surface area contributed by atoms with Crippen LogP contribution in [0.25, 0.3) is 11.1 Å². The minimum absolute atomic E-state index is 0.615. The van der Waals surface area contributed by atoms with Crippen molar-refractivity contribution < 1.29 is 0 Å². The van der Waals surface area contributed by atoms with Crippen LogP contribution >= 0.6 is 15.9 Å². The number of piperazine rings is 1. The number of nitrogens with one attached hydrogen (secondary N) is 1. The number of benzene rings is 2. The van der Waals surface area contributed by atoms with Gasteiger partial charge in [0.05, 0.1) is 0 Å². The number of nitrogens with zero attached hydrogens (tertiary/aromatic N) is 1. The number of halogens is 1. The highest BCUT2D eigenvalue weighted by Gasteiger charge is 2.12. The van der Waals surface area contributed by atoms with Crippen molar-refractivity contribution >= 4 is 15.9 Å². The van der Waals surface area contributed by atoms with Gasteiger partial charge in [0.15, 0.2) is 0 Å². The van der Waals surface area contributed by atoms with Gasteiger partial charge in [-0.15, -0.1) is 0 Å². The zero-order valence-electron chi connectivity index (χ0n) is 13.8. The van der Waals surface area contributed by atoms with Gasteiger partial charge in [-0.25, -0.2) is 0 Å². The van der Waals surface area contributed by atoms with Crippen molar-refractivity contribution in [3.8, 4) is 11.1 Å². The van der Waals surface area contributed by atoms with E-state index < -0.39 is 0 Å². The van der Waals surface area contributed by atoms with Gasteiger partial charge in [0.1, 0.15) is 0 Å². The second kappa shape index (κ2) is 8.09. The molecule has 3 heteroatoms. The first kappa shape index (κ1) is 16.7. The second-order valence-electron chi connectivity index (χ2n) is 6.41. The Bertz CT molecular complexity index is 601. The second-order valence-corrected chi connectivity index (χ2v) is 7.33. The summed E-state index contributed by atoms with van der Waals surface area (Å²) in [6, 6.07) is 17.6. The molecule has 3 rings (SSSR count). The molecule has 2 aromatic rings. The lowest BCUT2D eigenvalue weighted by molar-refractivity contribution is 0.234. The van der Waals surface area contributed by atoms with E-state index in [4.69, 9.17) is 0 Å². The summed E-state index contributed by atoms with van der Waals surface area (Å²) in [7, 11) is 0. The van der Waals surface area contributed by atoms with E-state index in [1.165, 1.54) is 42.7 Å². The quantitative estimate of drug-likeness (QED) is 0.829. The maximum Gasteiger partial charge on any atom is 0.0175 e. The molecule has 0 bridgehead atoms. The molecule has 1 fully saturated rings. The summed E-state index contributed by atoms with van der Waals surface area (Å²) in [6.07, 6.45) is 1.23. The lowest BCUT2D eigenvalue weighted by Crippen LogP contribution is -2.43. The monoisotopic (exact) mass is 372 g/mol. The molecule has 1 atom stereocenters. The van der Waals surface area contributed by atoms with E-state index in [1.54, 1.807) is 0 Å². The standard InChI is InChI=1S/C20H25BrN2/c1-16(10-13-23-14-11-22-12-15-23)17-2-4-18(5-3-17)19-6-8-20(21)9-7-19/h2-9,16,22H,10-15H2,1H3. The molecule has 2 nitrogen and oxygen atoms in total. The highest BCUT2D eigenvalue weighted by molar-refractivity contribution is 9.10. The Balaban J connectivity index is 1.58. The lowest BCUT2D eigenvalue weighted by Gasteiger charge is -2.28. The zero-order valence-corrected chi connectivity index (χ0v) is 15.3. The van der Waals surface area contributed by atoms with Crippen LogP contribution in [0.3, 0.4) is 0 Å². The van der Waals surface area contributed by atoms with Crippen molar-refractivity contribution in [3.63, 3.8) is 0 Å². The average Bonchev–Trinajstić information content (AvgIpc) is 2.61. The maximum absolute atomic E-state index is 3.49. The van der Waals surface area contributed by atoms with Crippen molar-refractivity contribution in [1.29, 1.82) is 0 Å². The van der Waals surface area contributed by atoms with E-state index >= 15 is 0 Å². The largest absolute Gasteiger partial charge is 0.314 e. The van der Waals surface area contributed by atoms with Gasteiger partial charge in [0, 0.05) is 30.7 Å². The third kappa shape index (κ3) is 4.66. The van der Waals surface area contributed by atoms with Crippen LogP contribution in [0.2, 0.25) is 0 Å². The normalized spacial score (nSPS) is 17.1. The smallest absolute Gasteiger partial charge is 0.0175 e. The minimum atomic E-state index is 0.615. The molecule has 1 N–H and O–H groups in total. The first-order chi connectivity index (χ1) is 11.2. The van der Waals surface area contributed by atoms with Crippen LogP contribution in [-0.4, -0.2) is 37.6 Å². The number of rotatable bonds is 5. The molecule has 0 aliphatic carbocycles. The molecular weight excluding hydrogens is 348 g/mol. The highest BCUT2D eigenvalue weighted by atomic mass is 79.9. The van der Waals surface area contributed by atoms with Gasteiger partial charge in [-0.3, -0.25) is 0 Å².